The molecule has 2 nitrogen and oxygen atoms in total. The van der Waals surface area contributed by atoms with E-state index in [0.717, 1.165) is 25.7 Å². The molecular weight excluding hydrogens is 236 g/mol. The summed E-state index contributed by atoms with van der Waals surface area (Å²) in [6.07, 6.45) is 5.14. The van der Waals surface area contributed by atoms with Crippen LogP contribution < -0.4 is 0 Å². The average Bonchev–Trinajstić information content (AvgIpc) is 2.42. The van der Waals surface area contributed by atoms with Crippen LogP contribution in [0.5, 0.6) is 0 Å². The highest BCUT2D eigenvalue weighted by Crippen LogP contribution is 2.34. The molecule has 0 unspecified atom stereocenters. The molecule has 1 saturated carbocycles. The molecule has 0 atom stereocenters. The molecule has 0 aliphatic heterocycles. The van der Waals surface area contributed by atoms with Crippen molar-refractivity contribution in [3.8, 4) is 0 Å². The second-order valence-electron chi connectivity index (χ2n) is 5.99. The lowest BCUT2D eigenvalue weighted by atomic mass is 9.75. The Bertz CT molecular complexity index is 442. The fourth-order valence-electron chi connectivity index (χ4n) is 2.89. The van der Waals surface area contributed by atoms with Crippen molar-refractivity contribution in [3.63, 3.8) is 0 Å². The highest BCUT2D eigenvalue weighted by Gasteiger charge is 2.39. The molecule has 0 heterocycles. The van der Waals surface area contributed by atoms with Crippen LogP contribution in [0.25, 0.3) is 0 Å². The summed E-state index contributed by atoms with van der Waals surface area (Å²) in [5, 5.41) is 10.6. The van der Waals surface area contributed by atoms with Crippen molar-refractivity contribution >= 4 is 5.78 Å². The Balaban J connectivity index is 2.16. The third kappa shape index (κ3) is 3.24. The highest BCUT2D eigenvalue weighted by atomic mass is 16.3. The monoisotopic (exact) mass is 260 g/mol. The van der Waals surface area contributed by atoms with Gasteiger partial charge in [0.15, 0.2) is 5.78 Å². The molecule has 2 rings (SSSR count). The zero-order valence-electron chi connectivity index (χ0n) is 12.0. The quantitative estimate of drug-likeness (QED) is 0.837. The first-order valence-electron chi connectivity index (χ1n) is 7.41. The van der Waals surface area contributed by atoms with E-state index in [4.69, 9.17) is 0 Å². The number of Topliss-reactive ketones (excluding diaryl/α,β-unsaturated/α-hetero) is 1. The van der Waals surface area contributed by atoms with E-state index in [1.54, 1.807) is 0 Å². The van der Waals surface area contributed by atoms with Crippen LogP contribution in [0.3, 0.4) is 0 Å². The molecule has 1 N–H and O–H groups in total. The molecule has 0 spiro atoms. The number of carbonyl (C=O) groups is 1. The van der Waals surface area contributed by atoms with Gasteiger partial charge < -0.3 is 5.11 Å². The Morgan fingerprint density at radius 2 is 2.05 bits per heavy atom. The Kier molecular flexibility index (Phi) is 4.41. The van der Waals surface area contributed by atoms with Gasteiger partial charge in [0.05, 0.1) is 0 Å². The van der Waals surface area contributed by atoms with Crippen LogP contribution in [-0.2, 0) is 6.42 Å². The van der Waals surface area contributed by atoms with Crippen molar-refractivity contribution in [2.45, 2.75) is 58.0 Å². The highest BCUT2D eigenvalue weighted by molar-refractivity contribution is 6.02. The fourth-order valence-corrected chi connectivity index (χ4v) is 2.89. The van der Waals surface area contributed by atoms with Gasteiger partial charge in [0.2, 0.25) is 0 Å². The lowest BCUT2D eigenvalue weighted by molar-refractivity contribution is 0.00426. The van der Waals surface area contributed by atoms with Gasteiger partial charge in [-0.1, -0.05) is 38.5 Å². The molecule has 1 aromatic rings. The van der Waals surface area contributed by atoms with Gasteiger partial charge in [0.1, 0.15) is 5.60 Å². The first kappa shape index (κ1) is 14.3. The fraction of sp³-hybridized carbons (Fsp3) is 0.588. The summed E-state index contributed by atoms with van der Waals surface area (Å²) < 4.78 is 0. The number of rotatable bonds is 4. The number of hydrogen-bond acceptors (Lipinski definition) is 2. The van der Waals surface area contributed by atoms with Crippen LogP contribution in [0.1, 0.15) is 61.9 Å². The van der Waals surface area contributed by atoms with Gasteiger partial charge in [-0.15, -0.1) is 0 Å². The Morgan fingerprint density at radius 3 is 2.68 bits per heavy atom. The van der Waals surface area contributed by atoms with Gasteiger partial charge in [-0.05, 0) is 49.7 Å². The van der Waals surface area contributed by atoms with E-state index in [1.807, 2.05) is 24.3 Å². The van der Waals surface area contributed by atoms with Gasteiger partial charge in [-0.25, -0.2) is 0 Å². The first-order chi connectivity index (χ1) is 9.05. The molecule has 1 aromatic carbocycles. The number of benzene rings is 1. The van der Waals surface area contributed by atoms with Crippen molar-refractivity contribution in [2.75, 3.05) is 0 Å². The van der Waals surface area contributed by atoms with Crippen molar-refractivity contribution in [1.29, 1.82) is 0 Å². The predicted octanol–water partition coefficient (Wildman–Crippen LogP) is 3.76. The van der Waals surface area contributed by atoms with E-state index in [9.17, 15) is 9.90 Å². The molecule has 0 bridgehead atoms. The number of carbonyl (C=O) groups excluding carboxylic acids is 1. The maximum absolute atomic E-state index is 12.5. The molecule has 0 saturated heterocycles. The lowest BCUT2D eigenvalue weighted by Gasteiger charge is -2.33. The van der Waals surface area contributed by atoms with Gasteiger partial charge in [0.25, 0.3) is 0 Å². The molecule has 1 aliphatic rings. The summed E-state index contributed by atoms with van der Waals surface area (Å²) in [5.41, 5.74) is 0.723. The molecular formula is C17H24O2. The van der Waals surface area contributed by atoms with E-state index in [-0.39, 0.29) is 5.78 Å². The minimum absolute atomic E-state index is 0.0858. The van der Waals surface area contributed by atoms with E-state index >= 15 is 0 Å². The summed E-state index contributed by atoms with van der Waals surface area (Å²) in [5.74, 6) is 0.539. The standard InChI is InChI=1S/C17H24O2/c1-3-5-14-6-4-7-15(12-14)16(18)17(19)10-8-13(2)9-11-17/h4,6-7,12-13,19H,3,5,8-11H2,1-2H3. The average molecular weight is 260 g/mol. The maximum Gasteiger partial charge on any atom is 0.194 e. The number of hydrogen-bond donors (Lipinski definition) is 1. The van der Waals surface area contributed by atoms with Crippen LogP contribution in [0.4, 0.5) is 0 Å². The van der Waals surface area contributed by atoms with E-state index < -0.39 is 5.60 Å². The Morgan fingerprint density at radius 1 is 1.37 bits per heavy atom. The summed E-state index contributed by atoms with van der Waals surface area (Å²) in [6.45, 7) is 4.32. The van der Waals surface area contributed by atoms with Gasteiger partial charge >= 0.3 is 0 Å². The van der Waals surface area contributed by atoms with Crippen LogP contribution in [-0.4, -0.2) is 16.5 Å². The number of ketones is 1. The second kappa shape index (κ2) is 5.87. The maximum atomic E-state index is 12.5. The largest absolute Gasteiger partial charge is 0.382 e. The third-order valence-corrected chi connectivity index (χ3v) is 4.25. The van der Waals surface area contributed by atoms with E-state index in [0.29, 0.717) is 24.3 Å². The zero-order chi connectivity index (χ0) is 13.9. The minimum atomic E-state index is -1.13. The summed E-state index contributed by atoms with van der Waals surface area (Å²) >= 11 is 0. The molecule has 1 fully saturated rings. The normalized spacial score (nSPS) is 27.2. The number of aryl methyl sites for hydroxylation is 1. The van der Waals surface area contributed by atoms with Crippen molar-refractivity contribution in [2.24, 2.45) is 5.92 Å². The van der Waals surface area contributed by atoms with Crippen molar-refractivity contribution in [3.05, 3.63) is 35.4 Å². The van der Waals surface area contributed by atoms with Crippen LogP contribution in [0.15, 0.2) is 24.3 Å². The van der Waals surface area contributed by atoms with Crippen molar-refractivity contribution < 1.29 is 9.90 Å². The first-order valence-corrected chi connectivity index (χ1v) is 7.41. The van der Waals surface area contributed by atoms with Gasteiger partial charge in [0, 0.05) is 5.56 Å². The van der Waals surface area contributed by atoms with Gasteiger partial charge in [-0.2, -0.15) is 0 Å². The van der Waals surface area contributed by atoms with Crippen LogP contribution in [0, 0.1) is 5.92 Å². The molecule has 19 heavy (non-hydrogen) atoms. The molecule has 0 aromatic heterocycles. The molecule has 0 amide bonds. The van der Waals surface area contributed by atoms with E-state index in [2.05, 4.69) is 13.8 Å². The van der Waals surface area contributed by atoms with Crippen LogP contribution >= 0.6 is 0 Å². The minimum Gasteiger partial charge on any atom is -0.382 e. The second-order valence-corrected chi connectivity index (χ2v) is 5.99. The molecule has 104 valence electrons. The topological polar surface area (TPSA) is 37.3 Å². The smallest absolute Gasteiger partial charge is 0.194 e. The SMILES string of the molecule is CCCc1cccc(C(=O)C2(O)CCC(C)CC2)c1. The molecule has 0 radical (unpaired) electrons. The Labute approximate surface area is 115 Å². The van der Waals surface area contributed by atoms with Crippen molar-refractivity contribution in [1.82, 2.24) is 0 Å². The zero-order valence-corrected chi connectivity index (χ0v) is 12.0. The third-order valence-electron chi connectivity index (χ3n) is 4.25. The summed E-state index contributed by atoms with van der Waals surface area (Å²) in [6, 6.07) is 7.75. The number of aliphatic hydroxyl groups is 1. The summed E-state index contributed by atoms with van der Waals surface area (Å²) in [4.78, 5) is 12.5. The predicted molar refractivity (Wildman–Crippen MR) is 77.3 cm³/mol. The van der Waals surface area contributed by atoms with Crippen LogP contribution in [0.2, 0.25) is 0 Å². The van der Waals surface area contributed by atoms with E-state index in [1.165, 1.54) is 5.56 Å². The van der Waals surface area contributed by atoms with Gasteiger partial charge in [-0.3, -0.25) is 4.79 Å². The Hall–Kier alpha value is -1.15. The molecule has 1 aliphatic carbocycles. The lowest BCUT2D eigenvalue weighted by Crippen LogP contribution is -2.41. The summed E-state index contributed by atoms with van der Waals surface area (Å²) in [7, 11) is 0. The molecule has 2 heteroatoms.